The quantitative estimate of drug-likeness (QED) is 0.887. The molecule has 0 radical (unpaired) electrons. The number of nitrogens with zero attached hydrogens (tertiary/aromatic N) is 2. The van der Waals surface area contributed by atoms with Gasteiger partial charge >= 0.3 is 0 Å². The Morgan fingerprint density at radius 3 is 2.84 bits per heavy atom. The maximum atomic E-state index is 12.2. The van der Waals surface area contributed by atoms with Crippen LogP contribution in [0.15, 0.2) is 24.5 Å². The Balaban J connectivity index is 1.52. The van der Waals surface area contributed by atoms with Crippen molar-refractivity contribution < 1.29 is 4.79 Å². The van der Waals surface area contributed by atoms with Crippen LogP contribution in [-0.4, -0.2) is 34.9 Å². The van der Waals surface area contributed by atoms with E-state index in [1.165, 1.54) is 12.0 Å². The van der Waals surface area contributed by atoms with E-state index in [0.29, 0.717) is 24.3 Å². The molecule has 1 aliphatic heterocycles. The van der Waals surface area contributed by atoms with Crippen molar-refractivity contribution in [1.29, 1.82) is 0 Å². The third kappa shape index (κ3) is 2.63. The largest absolute Gasteiger partial charge is 0.342 e. The number of likely N-dealkylation sites (tertiary alicyclic amines) is 1. The molecular weight excluding hydrogens is 238 g/mol. The lowest BCUT2D eigenvalue weighted by molar-refractivity contribution is -0.130. The van der Waals surface area contributed by atoms with Crippen LogP contribution in [0.4, 0.5) is 0 Å². The number of aryl methyl sites for hydroxylation is 1. The molecule has 102 valence electrons. The lowest BCUT2D eigenvalue weighted by Gasteiger charge is -2.18. The Hall–Kier alpha value is -1.42. The molecule has 1 saturated heterocycles. The van der Waals surface area contributed by atoms with Gasteiger partial charge in [-0.1, -0.05) is 0 Å². The normalized spacial score (nSPS) is 29.5. The third-order valence-corrected chi connectivity index (χ3v) is 4.64. The number of amides is 1. The number of nitrogens with two attached hydrogens (primary N) is 1. The fourth-order valence-electron chi connectivity index (χ4n) is 3.47. The Bertz CT molecular complexity index is 448. The van der Waals surface area contributed by atoms with Crippen molar-refractivity contribution in [2.75, 3.05) is 13.1 Å². The first-order valence-electron chi connectivity index (χ1n) is 7.16. The lowest BCUT2D eigenvalue weighted by atomic mass is 9.98. The number of pyridine rings is 1. The summed E-state index contributed by atoms with van der Waals surface area (Å²) in [5.74, 6) is 1.48. The number of aromatic nitrogens is 1. The molecule has 0 bridgehead atoms. The molecule has 2 heterocycles. The molecule has 1 aliphatic carbocycles. The van der Waals surface area contributed by atoms with Gasteiger partial charge in [0.15, 0.2) is 0 Å². The Kier molecular flexibility index (Phi) is 3.51. The molecule has 1 aromatic heterocycles. The van der Waals surface area contributed by atoms with Crippen LogP contribution in [0.25, 0.3) is 0 Å². The smallest absolute Gasteiger partial charge is 0.222 e. The second kappa shape index (κ2) is 5.29. The van der Waals surface area contributed by atoms with Crippen LogP contribution < -0.4 is 5.73 Å². The second-order valence-electron chi connectivity index (χ2n) is 5.82. The van der Waals surface area contributed by atoms with Crippen molar-refractivity contribution in [2.45, 2.75) is 31.7 Å². The number of rotatable bonds is 3. The van der Waals surface area contributed by atoms with Crippen molar-refractivity contribution in [2.24, 2.45) is 17.6 Å². The molecule has 1 amide bonds. The van der Waals surface area contributed by atoms with Crippen LogP contribution in [0.2, 0.25) is 0 Å². The zero-order valence-corrected chi connectivity index (χ0v) is 11.2. The number of hydrogen-bond donors (Lipinski definition) is 1. The summed E-state index contributed by atoms with van der Waals surface area (Å²) < 4.78 is 0. The maximum absolute atomic E-state index is 12.2. The van der Waals surface area contributed by atoms with E-state index in [-0.39, 0.29) is 5.91 Å². The number of fused-ring (bicyclic) bond motifs is 1. The monoisotopic (exact) mass is 259 g/mol. The van der Waals surface area contributed by atoms with Crippen molar-refractivity contribution >= 4 is 5.91 Å². The van der Waals surface area contributed by atoms with E-state index in [1.54, 1.807) is 12.4 Å². The van der Waals surface area contributed by atoms with E-state index in [1.807, 2.05) is 17.0 Å². The average Bonchev–Trinajstić information content (AvgIpc) is 3.00. The number of carbonyl (C=O) groups excluding carboxylic acids is 1. The molecule has 1 aromatic rings. The van der Waals surface area contributed by atoms with Gasteiger partial charge in [0.2, 0.25) is 5.91 Å². The van der Waals surface area contributed by atoms with Crippen LogP contribution in [0.5, 0.6) is 0 Å². The van der Waals surface area contributed by atoms with Gasteiger partial charge in [-0.2, -0.15) is 0 Å². The highest BCUT2D eigenvalue weighted by Crippen LogP contribution is 2.37. The molecule has 4 heteroatoms. The number of hydrogen-bond acceptors (Lipinski definition) is 3. The Morgan fingerprint density at radius 2 is 2.11 bits per heavy atom. The minimum atomic E-state index is 0.276. The Morgan fingerprint density at radius 1 is 1.32 bits per heavy atom. The van der Waals surface area contributed by atoms with E-state index in [4.69, 9.17) is 5.73 Å². The zero-order chi connectivity index (χ0) is 13.2. The van der Waals surface area contributed by atoms with Gasteiger partial charge in [-0.3, -0.25) is 9.78 Å². The van der Waals surface area contributed by atoms with Gasteiger partial charge in [-0.15, -0.1) is 0 Å². The Labute approximate surface area is 114 Å². The molecule has 3 atom stereocenters. The van der Waals surface area contributed by atoms with Crippen LogP contribution in [0.3, 0.4) is 0 Å². The van der Waals surface area contributed by atoms with Crippen molar-refractivity contribution in [3.8, 4) is 0 Å². The summed E-state index contributed by atoms with van der Waals surface area (Å²) in [4.78, 5) is 18.2. The first-order chi connectivity index (χ1) is 9.24. The van der Waals surface area contributed by atoms with E-state index in [9.17, 15) is 4.79 Å². The summed E-state index contributed by atoms with van der Waals surface area (Å²) in [7, 11) is 0. The summed E-state index contributed by atoms with van der Waals surface area (Å²) >= 11 is 0. The number of carbonyl (C=O) groups is 1. The van der Waals surface area contributed by atoms with Gasteiger partial charge in [0, 0.05) is 37.9 Å². The first-order valence-corrected chi connectivity index (χ1v) is 7.16. The van der Waals surface area contributed by atoms with E-state index in [0.717, 1.165) is 25.9 Å². The van der Waals surface area contributed by atoms with Gasteiger partial charge in [0.1, 0.15) is 0 Å². The fraction of sp³-hybridized carbons (Fsp3) is 0.600. The van der Waals surface area contributed by atoms with Crippen LogP contribution in [-0.2, 0) is 11.2 Å². The summed E-state index contributed by atoms with van der Waals surface area (Å²) in [6.45, 7) is 1.80. The highest BCUT2D eigenvalue weighted by molar-refractivity contribution is 5.76. The van der Waals surface area contributed by atoms with E-state index < -0.39 is 0 Å². The SMILES string of the molecule is NC1CCC2CN(C(=O)CCc3ccncc3)CC12. The van der Waals surface area contributed by atoms with Crippen molar-refractivity contribution in [3.63, 3.8) is 0 Å². The molecule has 19 heavy (non-hydrogen) atoms. The molecule has 1 saturated carbocycles. The molecular formula is C15H21N3O. The second-order valence-corrected chi connectivity index (χ2v) is 5.82. The highest BCUT2D eigenvalue weighted by atomic mass is 16.2. The van der Waals surface area contributed by atoms with Crippen molar-refractivity contribution in [3.05, 3.63) is 30.1 Å². The molecule has 3 rings (SSSR count). The van der Waals surface area contributed by atoms with E-state index >= 15 is 0 Å². The molecule has 3 unspecified atom stereocenters. The van der Waals surface area contributed by atoms with Crippen LogP contribution >= 0.6 is 0 Å². The van der Waals surface area contributed by atoms with Gasteiger partial charge in [-0.05, 0) is 48.8 Å². The minimum Gasteiger partial charge on any atom is -0.342 e. The lowest BCUT2D eigenvalue weighted by Crippen LogP contribution is -2.33. The molecule has 2 fully saturated rings. The minimum absolute atomic E-state index is 0.276. The molecule has 0 spiro atoms. The zero-order valence-electron chi connectivity index (χ0n) is 11.2. The summed E-state index contributed by atoms with van der Waals surface area (Å²) in [5, 5.41) is 0. The summed E-state index contributed by atoms with van der Waals surface area (Å²) in [5.41, 5.74) is 7.28. The topological polar surface area (TPSA) is 59.2 Å². The highest BCUT2D eigenvalue weighted by Gasteiger charge is 2.42. The van der Waals surface area contributed by atoms with Crippen LogP contribution in [0.1, 0.15) is 24.8 Å². The van der Waals surface area contributed by atoms with Gasteiger partial charge in [-0.25, -0.2) is 0 Å². The summed E-state index contributed by atoms with van der Waals surface area (Å²) in [6.07, 6.45) is 7.28. The molecule has 4 nitrogen and oxygen atoms in total. The maximum Gasteiger partial charge on any atom is 0.222 e. The fourth-order valence-corrected chi connectivity index (χ4v) is 3.47. The standard InChI is InChI=1S/C15H21N3O/c16-14-3-2-12-9-18(10-13(12)14)15(19)4-1-11-5-7-17-8-6-11/h5-8,12-14H,1-4,9-10,16H2. The molecule has 2 N–H and O–H groups in total. The predicted octanol–water partition coefficient (Wildman–Crippen LogP) is 1.21. The summed E-state index contributed by atoms with van der Waals surface area (Å²) in [6, 6.07) is 4.26. The predicted molar refractivity (Wildman–Crippen MR) is 73.3 cm³/mol. The molecule has 0 aromatic carbocycles. The average molecular weight is 259 g/mol. The third-order valence-electron chi connectivity index (χ3n) is 4.64. The van der Waals surface area contributed by atoms with E-state index in [2.05, 4.69) is 4.98 Å². The first kappa shape index (κ1) is 12.6. The van der Waals surface area contributed by atoms with Crippen molar-refractivity contribution in [1.82, 2.24) is 9.88 Å². The van der Waals surface area contributed by atoms with Gasteiger partial charge in [0.05, 0.1) is 0 Å². The molecule has 2 aliphatic rings. The van der Waals surface area contributed by atoms with Gasteiger partial charge < -0.3 is 10.6 Å². The van der Waals surface area contributed by atoms with Gasteiger partial charge in [0.25, 0.3) is 0 Å². The van der Waals surface area contributed by atoms with Crippen LogP contribution in [0, 0.1) is 11.8 Å².